The van der Waals surface area contributed by atoms with Gasteiger partial charge in [-0.3, -0.25) is 4.98 Å². The van der Waals surface area contributed by atoms with E-state index < -0.39 is 10.0 Å². The summed E-state index contributed by atoms with van der Waals surface area (Å²) in [5.41, 5.74) is 2.36. The first-order valence-corrected chi connectivity index (χ1v) is 12.5. The van der Waals surface area contributed by atoms with Crippen molar-refractivity contribution in [3.8, 4) is 5.75 Å². The first-order valence-electron chi connectivity index (χ1n) is 11.0. The Morgan fingerprint density at radius 1 is 1.03 bits per heavy atom. The Morgan fingerprint density at radius 2 is 1.88 bits per heavy atom. The smallest absolute Gasteiger partial charge is 0.236 e. The summed E-state index contributed by atoms with van der Waals surface area (Å²) in [7, 11) is -3.70. The fraction of sp³-hybridized carbons (Fsp3) is 0.269. The highest BCUT2D eigenvalue weighted by molar-refractivity contribution is 7.92. The van der Waals surface area contributed by atoms with Crippen molar-refractivity contribution in [3.05, 3.63) is 101 Å². The summed E-state index contributed by atoms with van der Waals surface area (Å²) in [5.74, 6) is 1.13. The van der Waals surface area contributed by atoms with Crippen LogP contribution in [0.4, 0.5) is 0 Å². The Balaban J connectivity index is 1.52. The van der Waals surface area contributed by atoms with Crippen LogP contribution in [0.3, 0.4) is 0 Å². The van der Waals surface area contributed by atoms with Gasteiger partial charge in [-0.15, -0.1) is 0 Å². The molecule has 0 radical (unpaired) electrons. The van der Waals surface area contributed by atoms with Crippen LogP contribution in [0, 0.1) is 5.92 Å². The predicted octanol–water partition coefficient (Wildman–Crippen LogP) is 4.50. The van der Waals surface area contributed by atoms with E-state index in [1.54, 1.807) is 12.3 Å². The number of ether oxygens (including phenoxy) is 2. The summed E-state index contributed by atoms with van der Waals surface area (Å²) in [5, 5.41) is 1.26. The van der Waals surface area contributed by atoms with E-state index in [1.807, 2.05) is 72.8 Å². The molecule has 172 valence electrons. The molecule has 0 aliphatic carbocycles. The standard InChI is InChI=1S/C26H28N2O4S/c29-33(30,16-13-22-7-2-1-3-8-22)28(19-25-10-4-5-14-27-25)18-23-9-6-11-26(17-23)32-21-24-12-15-31-20-24/h1-11,13-14,16-17,24H,12,15,18-21H2/b16-13+. The van der Waals surface area contributed by atoms with Gasteiger partial charge in [-0.05, 0) is 47.9 Å². The second-order valence-electron chi connectivity index (χ2n) is 8.04. The van der Waals surface area contributed by atoms with Crippen molar-refractivity contribution in [1.82, 2.24) is 9.29 Å². The number of nitrogens with zero attached hydrogens (tertiary/aromatic N) is 2. The molecule has 1 aliphatic rings. The van der Waals surface area contributed by atoms with Crippen molar-refractivity contribution in [2.45, 2.75) is 19.5 Å². The molecule has 1 aliphatic heterocycles. The van der Waals surface area contributed by atoms with Crippen molar-refractivity contribution >= 4 is 16.1 Å². The van der Waals surface area contributed by atoms with Gasteiger partial charge in [-0.1, -0.05) is 48.5 Å². The van der Waals surface area contributed by atoms with E-state index in [4.69, 9.17) is 9.47 Å². The van der Waals surface area contributed by atoms with Crippen LogP contribution in [0.1, 0.15) is 23.2 Å². The molecule has 7 heteroatoms. The third-order valence-electron chi connectivity index (χ3n) is 5.42. The average molecular weight is 465 g/mol. The SMILES string of the molecule is O=S(=O)(/C=C/c1ccccc1)N(Cc1cccc(OCC2CCOC2)c1)Cc1ccccn1. The number of benzene rings is 2. The normalized spacial score (nSPS) is 16.5. The van der Waals surface area contributed by atoms with Crippen molar-refractivity contribution in [3.63, 3.8) is 0 Å². The Bertz CT molecular complexity index is 1150. The van der Waals surface area contributed by atoms with Gasteiger partial charge >= 0.3 is 0 Å². The van der Waals surface area contributed by atoms with E-state index in [0.717, 1.165) is 36.5 Å². The Labute approximate surface area is 195 Å². The van der Waals surface area contributed by atoms with Crippen LogP contribution in [0.15, 0.2) is 84.4 Å². The van der Waals surface area contributed by atoms with Crippen LogP contribution in [-0.2, 0) is 27.8 Å². The minimum Gasteiger partial charge on any atom is -0.493 e. The van der Waals surface area contributed by atoms with Crippen LogP contribution in [0.25, 0.3) is 6.08 Å². The molecule has 0 spiro atoms. The number of hydrogen-bond acceptors (Lipinski definition) is 5. The highest BCUT2D eigenvalue weighted by Gasteiger charge is 2.21. The first kappa shape index (κ1) is 23.2. The Morgan fingerprint density at radius 3 is 2.64 bits per heavy atom. The second kappa shape index (κ2) is 11.2. The largest absolute Gasteiger partial charge is 0.493 e. The molecule has 33 heavy (non-hydrogen) atoms. The van der Waals surface area contributed by atoms with Gasteiger partial charge in [0.1, 0.15) is 5.75 Å². The molecule has 1 atom stereocenters. The maximum atomic E-state index is 13.3. The summed E-state index contributed by atoms with van der Waals surface area (Å²) in [6, 6.07) is 22.5. The molecule has 1 fully saturated rings. The molecule has 4 rings (SSSR count). The van der Waals surface area contributed by atoms with Gasteiger partial charge in [0.05, 0.1) is 25.5 Å². The number of pyridine rings is 1. The molecular weight excluding hydrogens is 436 g/mol. The lowest BCUT2D eigenvalue weighted by atomic mass is 10.1. The van der Waals surface area contributed by atoms with E-state index in [9.17, 15) is 8.42 Å². The van der Waals surface area contributed by atoms with Crippen LogP contribution in [0.5, 0.6) is 5.75 Å². The van der Waals surface area contributed by atoms with Crippen molar-refractivity contribution in [2.24, 2.45) is 5.92 Å². The molecule has 0 bridgehead atoms. The van der Waals surface area contributed by atoms with Crippen molar-refractivity contribution < 1.29 is 17.9 Å². The molecular formula is C26H28N2O4S. The molecule has 2 aromatic carbocycles. The summed E-state index contributed by atoms with van der Waals surface area (Å²) in [6.07, 6.45) is 4.29. The van der Waals surface area contributed by atoms with Crippen molar-refractivity contribution in [2.75, 3.05) is 19.8 Å². The van der Waals surface area contributed by atoms with Gasteiger partial charge < -0.3 is 9.47 Å². The maximum absolute atomic E-state index is 13.3. The number of rotatable bonds is 10. The van der Waals surface area contributed by atoms with E-state index in [-0.39, 0.29) is 13.1 Å². The van der Waals surface area contributed by atoms with E-state index in [2.05, 4.69) is 4.98 Å². The minimum absolute atomic E-state index is 0.173. The molecule has 2 heterocycles. The zero-order chi connectivity index (χ0) is 22.9. The van der Waals surface area contributed by atoms with E-state index in [1.165, 1.54) is 9.71 Å². The van der Waals surface area contributed by atoms with Crippen LogP contribution in [-0.4, -0.2) is 37.5 Å². The third kappa shape index (κ3) is 6.99. The Hall–Kier alpha value is -3.00. The zero-order valence-corrected chi connectivity index (χ0v) is 19.2. The van der Waals surface area contributed by atoms with Crippen molar-refractivity contribution in [1.29, 1.82) is 0 Å². The lowest BCUT2D eigenvalue weighted by Gasteiger charge is -2.21. The third-order valence-corrected chi connectivity index (χ3v) is 6.88. The average Bonchev–Trinajstić information content (AvgIpc) is 3.37. The van der Waals surface area contributed by atoms with E-state index in [0.29, 0.717) is 18.2 Å². The predicted molar refractivity (Wildman–Crippen MR) is 129 cm³/mol. The summed E-state index contributed by atoms with van der Waals surface area (Å²) in [4.78, 5) is 4.32. The summed E-state index contributed by atoms with van der Waals surface area (Å²) < 4.78 is 39.3. The van der Waals surface area contributed by atoms with Crippen LogP contribution in [0.2, 0.25) is 0 Å². The zero-order valence-electron chi connectivity index (χ0n) is 18.4. The monoisotopic (exact) mass is 464 g/mol. The van der Waals surface area contributed by atoms with Crippen LogP contribution >= 0.6 is 0 Å². The highest BCUT2D eigenvalue weighted by atomic mass is 32.2. The lowest BCUT2D eigenvalue weighted by Crippen LogP contribution is -2.29. The molecule has 6 nitrogen and oxygen atoms in total. The van der Waals surface area contributed by atoms with Gasteiger partial charge in [0.2, 0.25) is 10.0 Å². The minimum atomic E-state index is -3.70. The second-order valence-corrected chi connectivity index (χ2v) is 9.85. The van der Waals surface area contributed by atoms with Gasteiger partial charge in [0.15, 0.2) is 0 Å². The molecule has 0 amide bonds. The van der Waals surface area contributed by atoms with Gasteiger partial charge in [-0.25, -0.2) is 8.42 Å². The quantitative estimate of drug-likeness (QED) is 0.442. The molecule has 0 saturated carbocycles. The summed E-state index contributed by atoms with van der Waals surface area (Å²) in [6.45, 7) is 2.49. The maximum Gasteiger partial charge on any atom is 0.236 e. The molecule has 3 aromatic rings. The van der Waals surface area contributed by atoms with Gasteiger partial charge in [-0.2, -0.15) is 4.31 Å². The van der Waals surface area contributed by atoms with Gasteiger partial charge in [0.25, 0.3) is 0 Å². The van der Waals surface area contributed by atoms with E-state index >= 15 is 0 Å². The Kier molecular flexibility index (Phi) is 7.88. The molecule has 1 unspecified atom stereocenters. The number of sulfonamides is 1. The summed E-state index contributed by atoms with van der Waals surface area (Å²) >= 11 is 0. The number of aromatic nitrogens is 1. The lowest BCUT2D eigenvalue weighted by molar-refractivity contribution is 0.167. The highest BCUT2D eigenvalue weighted by Crippen LogP contribution is 2.21. The molecule has 1 aromatic heterocycles. The topological polar surface area (TPSA) is 68.7 Å². The fourth-order valence-corrected chi connectivity index (χ4v) is 4.73. The van der Waals surface area contributed by atoms with Gasteiger partial charge in [0, 0.05) is 30.7 Å². The fourth-order valence-electron chi connectivity index (χ4n) is 3.59. The first-order chi connectivity index (χ1) is 16.1. The van der Waals surface area contributed by atoms with Crippen LogP contribution < -0.4 is 4.74 Å². The molecule has 0 N–H and O–H groups in total. The molecule has 1 saturated heterocycles. The number of hydrogen-bond donors (Lipinski definition) is 0.